The van der Waals surface area contributed by atoms with Crippen molar-refractivity contribution >= 4 is 11.6 Å². The molecule has 2 aliphatic rings. The highest BCUT2D eigenvalue weighted by Gasteiger charge is 2.24. The van der Waals surface area contributed by atoms with Crippen molar-refractivity contribution in [2.75, 3.05) is 31.1 Å². The standard InChI is InChI=1S/C27H31N3O/c1-20-8-13-26-23(18-20)19-21(2)30(26)25-11-9-22(10-12-25)27(31)29-16-14-28(15-17-29)24-6-4-3-5-7-24/h3-7,9-12,19-20H,8,13-18H2,1-2H3/t20-/m1/s1. The van der Waals surface area contributed by atoms with Crippen LogP contribution < -0.4 is 4.90 Å². The maximum absolute atomic E-state index is 13.1. The average Bonchev–Trinajstić information content (AvgIpc) is 3.14. The summed E-state index contributed by atoms with van der Waals surface area (Å²) in [6.45, 7) is 7.81. The predicted molar refractivity (Wildman–Crippen MR) is 126 cm³/mol. The minimum atomic E-state index is 0.138. The highest BCUT2D eigenvalue weighted by molar-refractivity contribution is 5.94. The molecule has 2 aromatic carbocycles. The Morgan fingerprint density at radius 2 is 1.61 bits per heavy atom. The molecule has 0 N–H and O–H groups in total. The summed E-state index contributed by atoms with van der Waals surface area (Å²) in [7, 11) is 0. The summed E-state index contributed by atoms with van der Waals surface area (Å²) in [5, 5.41) is 0. The van der Waals surface area contributed by atoms with Gasteiger partial charge in [0.1, 0.15) is 0 Å². The Morgan fingerprint density at radius 3 is 2.32 bits per heavy atom. The van der Waals surface area contributed by atoms with E-state index in [9.17, 15) is 4.79 Å². The van der Waals surface area contributed by atoms with Crippen molar-refractivity contribution in [3.63, 3.8) is 0 Å². The summed E-state index contributed by atoms with van der Waals surface area (Å²) in [5.41, 5.74) is 7.41. The van der Waals surface area contributed by atoms with E-state index in [1.54, 1.807) is 0 Å². The lowest BCUT2D eigenvalue weighted by molar-refractivity contribution is 0.0747. The maximum atomic E-state index is 13.1. The van der Waals surface area contributed by atoms with Crippen LogP contribution in [0.25, 0.3) is 5.69 Å². The van der Waals surface area contributed by atoms with Gasteiger partial charge in [-0.1, -0.05) is 25.1 Å². The quantitative estimate of drug-likeness (QED) is 0.613. The Morgan fingerprint density at radius 1 is 0.903 bits per heavy atom. The van der Waals surface area contributed by atoms with Crippen LogP contribution in [0.3, 0.4) is 0 Å². The molecule has 1 aliphatic heterocycles. The van der Waals surface area contributed by atoms with Gasteiger partial charge in [0.25, 0.3) is 5.91 Å². The fraction of sp³-hybridized carbons (Fsp3) is 0.370. The third-order valence-corrected chi connectivity index (χ3v) is 6.88. The van der Waals surface area contributed by atoms with Gasteiger partial charge in [-0.25, -0.2) is 0 Å². The molecule has 3 aromatic rings. The minimum absolute atomic E-state index is 0.138. The van der Waals surface area contributed by atoms with Crippen LogP contribution in [0, 0.1) is 12.8 Å². The number of aromatic nitrogens is 1. The van der Waals surface area contributed by atoms with Gasteiger partial charge in [0.15, 0.2) is 0 Å². The number of nitrogens with zero attached hydrogens (tertiary/aromatic N) is 3. The fourth-order valence-corrected chi connectivity index (χ4v) is 5.17. The first-order chi connectivity index (χ1) is 15.1. The number of amides is 1. The van der Waals surface area contributed by atoms with E-state index >= 15 is 0 Å². The number of fused-ring (bicyclic) bond motifs is 1. The van der Waals surface area contributed by atoms with E-state index in [0.717, 1.165) is 44.1 Å². The van der Waals surface area contributed by atoms with Gasteiger partial charge in [-0.15, -0.1) is 0 Å². The van der Waals surface area contributed by atoms with Crippen LogP contribution in [-0.2, 0) is 12.8 Å². The molecule has 1 saturated heterocycles. The minimum Gasteiger partial charge on any atom is -0.368 e. The first-order valence-electron chi connectivity index (χ1n) is 11.5. The van der Waals surface area contributed by atoms with Crippen LogP contribution >= 0.6 is 0 Å². The van der Waals surface area contributed by atoms with E-state index in [-0.39, 0.29) is 5.91 Å². The third-order valence-electron chi connectivity index (χ3n) is 6.88. The summed E-state index contributed by atoms with van der Waals surface area (Å²) in [6, 6.07) is 21.0. The normalized spacial score (nSPS) is 18.7. The van der Waals surface area contributed by atoms with Crippen molar-refractivity contribution in [2.24, 2.45) is 5.92 Å². The molecule has 1 aromatic heterocycles. The number of carbonyl (C=O) groups excluding carboxylic acids is 1. The molecule has 0 saturated carbocycles. The van der Waals surface area contributed by atoms with Gasteiger partial charge < -0.3 is 14.4 Å². The molecule has 0 radical (unpaired) electrons. The molecule has 5 rings (SSSR count). The number of anilines is 1. The lowest BCUT2D eigenvalue weighted by atomic mass is 9.89. The van der Waals surface area contributed by atoms with Gasteiger partial charge in [-0.05, 0) is 80.1 Å². The highest BCUT2D eigenvalue weighted by atomic mass is 16.2. The number of carbonyl (C=O) groups is 1. The molecular formula is C27H31N3O. The second-order valence-electron chi connectivity index (χ2n) is 9.10. The van der Waals surface area contributed by atoms with Crippen LogP contribution in [0.5, 0.6) is 0 Å². The summed E-state index contributed by atoms with van der Waals surface area (Å²) < 4.78 is 2.38. The number of benzene rings is 2. The zero-order valence-electron chi connectivity index (χ0n) is 18.6. The van der Waals surface area contributed by atoms with Crippen molar-refractivity contribution < 1.29 is 4.79 Å². The molecule has 1 fully saturated rings. The van der Waals surface area contributed by atoms with Gasteiger partial charge in [0, 0.05) is 54.5 Å². The highest BCUT2D eigenvalue weighted by Crippen LogP contribution is 2.30. The zero-order chi connectivity index (χ0) is 21.4. The van der Waals surface area contributed by atoms with Crippen molar-refractivity contribution in [1.82, 2.24) is 9.47 Å². The molecular weight excluding hydrogens is 382 g/mol. The number of aryl methyl sites for hydroxylation is 1. The second kappa shape index (κ2) is 8.26. The van der Waals surface area contributed by atoms with E-state index in [1.165, 1.54) is 41.2 Å². The van der Waals surface area contributed by atoms with E-state index in [1.807, 2.05) is 23.1 Å². The topological polar surface area (TPSA) is 28.5 Å². The molecule has 1 amide bonds. The first-order valence-corrected chi connectivity index (χ1v) is 11.5. The van der Waals surface area contributed by atoms with Crippen LogP contribution in [0.1, 0.15) is 40.7 Å². The Bertz CT molecular complexity index is 1060. The number of piperazine rings is 1. The van der Waals surface area contributed by atoms with E-state index in [4.69, 9.17) is 0 Å². The molecule has 0 bridgehead atoms. The molecule has 160 valence electrons. The molecule has 4 heteroatoms. The van der Waals surface area contributed by atoms with E-state index < -0.39 is 0 Å². The van der Waals surface area contributed by atoms with Crippen LogP contribution in [-0.4, -0.2) is 41.6 Å². The van der Waals surface area contributed by atoms with Gasteiger partial charge >= 0.3 is 0 Å². The monoisotopic (exact) mass is 413 g/mol. The van der Waals surface area contributed by atoms with E-state index in [2.05, 4.69) is 65.8 Å². The third kappa shape index (κ3) is 3.87. The number of rotatable bonds is 3. The average molecular weight is 414 g/mol. The van der Waals surface area contributed by atoms with Gasteiger partial charge in [0.2, 0.25) is 0 Å². The first kappa shape index (κ1) is 19.9. The molecule has 31 heavy (non-hydrogen) atoms. The van der Waals surface area contributed by atoms with E-state index in [0.29, 0.717) is 0 Å². The summed E-state index contributed by atoms with van der Waals surface area (Å²) in [5.74, 6) is 0.907. The Kier molecular flexibility index (Phi) is 5.31. The van der Waals surface area contributed by atoms with Gasteiger partial charge in [0.05, 0.1) is 0 Å². The number of hydrogen-bond acceptors (Lipinski definition) is 2. The van der Waals surface area contributed by atoms with Gasteiger partial charge in [-0.3, -0.25) is 4.79 Å². The largest absolute Gasteiger partial charge is 0.368 e. The van der Waals surface area contributed by atoms with Crippen LogP contribution in [0.4, 0.5) is 5.69 Å². The summed E-state index contributed by atoms with van der Waals surface area (Å²) in [6.07, 6.45) is 3.56. The summed E-state index contributed by atoms with van der Waals surface area (Å²) in [4.78, 5) is 17.4. The van der Waals surface area contributed by atoms with Crippen LogP contribution in [0.2, 0.25) is 0 Å². The van der Waals surface area contributed by atoms with Crippen LogP contribution in [0.15, 0.2) is 60.7 Å². The fourth-order valence-electron chi connectivity index (χ4n) is 5.17. The van der Waals surface area contributed by atoms with Crippen molar-refractivity contribution in [2.45, 2.75) is 33.1 Å². The Hall–Kier alpha value is -3.01. The Balaban J connectivity index is 1.28. The smallest absolute Gasteiger partial charge is 0.253 e. The molecule has 0 unspecified atom stereocenters. The molecule has 1 atom stereocenters. The predicted octanol–water partition coefficient (Wildman–Crippen LogP) is 4.87. The van der Waals surface area contributed by atoms with Crippen molar-refractivity contribution in [1.29, 1.82) is 0 Å². The molecule has 2 heterocycles. The second-order valence-corrected chi connectivity index (χ2v) is 9.10. The Labute approximate surface area is 185 Å². The number of hydrogen-bond donors (Lipinski definition) is 0. The summed E-state index contributed by atoms with van der Waals surface area (Å²) >= 11 is 0. The SMILES string of the molecule is Cc1cc2c(n1-c1ccc(C(=O)N3CCN(c4ccccc4)CC3)cc1)CC[C@@H](C)C2. The lowest BCUT2D eigenvalue weighted by Crippen LogP contribution is -2.48. The molecule has 0 spiro atoms. The maximum Gasteiger partial charge on any atom is 0.253 e. The lowest BCUT2D eigenvalue weighted by Gasteiger charge is -2.36. The van der Waals surface area contributed by atoms with Crippen molar-refractivity contribution in [3.8, 4) is 5.69 Å². The zero-order valence-corrected chi connectivity index (χ0v) is 18.6. The number of para-hydroxylation sites is 1. The van der Waals surface area contributed by atoms with Crippen molar-refractivity contribution in [3.05, 3.63) is 83.2 Å². The molecule has 1 aliphatic carbocycles. The molecule has 4 nitrogen and oxygen atoms in total. The van der Waals surface area contributed by atoms with Gasteiger partial charge in [-0.2, -0.15) is 0 Å².